The van der Waals surface area contributed by atoms with E-state index in [2.05, 4.69) is 5.32 Å². The van der Waals surface area contributed by atoms with Gasteiger partial charge in [0, 0.05) is 25.2 Å². The van der Waals surface area contributed by atoms with Gasteiger partial charge in [-0.25, -0.2) is 8.42 Å². The molecule has 0 atom stereocenters. The number of ether oxygens (including phenoxy) is 2. The van der Waals surface area contributed by atoms with E-state index in [1.165, 1.54) is 22.5 Å². The topological polar surface area (TPSA) is 102 Å². The van der Waals surface area contributed by atoms with Crippen LogP contribution in [0.4, 0.5) is 5.69 Å². The van der Waals surface area contributed by atoms with Gasteiger partial charge < -0.3 is 14.8 Å². The highest BCUT2D eigenvalue weighted by Crippen LogP contribution is 2.25. The molecule has 32 heavy (non-hydrogen) atoms. The number of rotatable bonds is 8. The van der Waals surface area contributed by atoms with Crippen LogP contribution in [-0.2, 0) is 35.5 Å². The van der Waals surface area contributed by atoms with E-state index in [0.717, 1.165) is 5.56 Å². The molecule has 2 aromatic carbocycles. The lowest BCUT2D eigenvalue weighted by Crippen LogP contribution is -2.40. The highest BCUT2D eigenvalue weighted by molar-refractivity contribution is 7.89. The van der Waals surface area contributed by atoms with Gasteiger partial charge in [0.1, 0.15) is 0 Å². The van der Waals surface area contributed by atoms with Gasteiger partial charge in [-0.15, -0.1) is 0 Å². The Balaban J connectivity index is 1.44. The second-order valence-corrected chi connectivity index (χ2v) is 9.75. The fourth-order valence-corrected chi connectivity index (χ4v) is 4.71. The summed E-state index contributed by atoms with van der Waals surface area (Å²) in [6, 6.07) is 11.0. The van der Waals surface area contributed by atoms with Gasteiger partial charge in [-0.3, -0.25) is 9.59 Å². The van der Waals surface area contributed by atoms with Crippen molar-refractivity contribution in [2.75, 3.05) is 38.2 Å². The van der Waals surface area contributed by atoms with Crippen molar-refractivity contribution in [1.29, 1.82) is 0 Å². The maximum atomic E-state index is 12.6. The summed E-state index contributed by atoms with van der Waals surface area (Å²) in [7, 11) is -3.56. The monoisotopic (exact) mass is 500 g/mol. The third kappa shape index (κ3) is 6.66. The Morgan fingerprint density at radius 2 is 1.72 bits per heavy atom. The van der Waals surface area contributed by atoms with Gasteiger partial charge in [0.25, 0.3) is 5.91 Å². The standard InChI is InChI=1S/C21H22Cl2N2O6S/c22-18-7-4-16(13-19(18)23)24-20(26)14-31-21(27)8-3-15-1-5-17(6-2-15)32(28,29)25-9-11-30-12-10-25/h1-2,4-7,13H,3,8-12,14H2,(H,24,26). The summed E-state index contributed by atoms with van der Waals surface area (Å²) in [5.74, 6) is -1.05. The number of benzene rings is 2. The number of carbonyl (C=O) groups is 2. The Bertz CT molecular complexity index is 1070. The molecule has 1 aliphatic heterocycles. The number of esters is 1. The lowest BCUT2D eigenvalue weighted by atomic mass is 10.1. The molecule has 0 radical (unpaired) electrons. The van der Waals surface area contributed by atoms with E-state index in [4.69, 9.17) is 32.7 Å². The number of sulfonamides is 1. The predicted octanol–water partition coefficient (Wildman–Crippen LogP) is 3.13. The second kappa shape index (κ2) is 11.1. The average molecular weight is 501 g/mol. The molecule has 0 aromatic heterocycles. The Labute approximate surface area is 196 Å². The van der Waals surface area contributed by atoms with Crippen molar-refractivity contribution in [3.05, 3.63) is 58.1 Å². The van der Waals surface area contributed by atoms with Crippen molar-refractivity contribution in [2.45, 2.75) is 17.7 Å². The summed E-state index contributed by atoms with van der Waals surface area (Å²) in [6.45, 7) is 0.981. The zero-order valence-electron chi connectivity index (χ0n) is 17.1. The van der Waals surface area contributed by atoms with E-state index < -0.39 is 28.5 Å². The minimum Gasteiger partial charge on any atom is -0.456 e. The predicted molar refractivity (Wildman–Crippen MR) is 120 cm³/mol. The van der Waals surface area contributed by atoms with Gasteiger partial charge in [0.2, 0.25) is 10.0 Å². The maximum Gasteiger partial charge on any atom is 0.306 e. The van der Waals surface area contributed by atoms with Crippen molar-refractivity contribution >= 4 is 50.8 Å². The van der Waals surface area contributed by atoms with Gasteiger partial charge in [0.15, 0.2) is 6.61 Å². The fraction of sp³-hybridized carbons (Fsp3) is 0.333. The van der Waals surface area contributed by atoms with E-state index >= 15 is 0 Å². The van der Waals surface area contributed by atoms with Gasteiger partial charge in [0.05, 0.1) is 28.2 Å². The lowest BCUT2D eigenvalue weighted by molar-refractivity contribution is -0.147. The summed E-state index contributed by atoms with van der Waals surface area (Å²) in [5, 5.41) is 3.22. The van der Waals surface area contributed by atoms with Crippen LogP contribution in [0, 0.1) is 0 Å². The van der Waals surface area contributed by atoms with E-state index in [1.807, 2.05) is 0 Å². The number of hydrogen-bond acceptors (Lipinski definition) is 6. The summed E-state index contributed by atoms with van der Waals surface area (Å²) < 4.78 is 36.8. The first-order valence-corrected chi connectivity index (χ1v) is 12.0. The number of aryl methyl sites for hydroxylation is 1. The molecule has 3 rings (SSSR count). The Morgan fingerprint density at radius 3 is 2.38 bits per heavy atom. The Kier molecular flexibility index (Phi) is 8.50. The molecule has 1 fully saturated rings. The quantitative estimate of drug-likeness (QED) is 0.558. The average Bonchev–Trinajstić information content (AvgIpc) is 2.79. The number of nitrogens with one attached hydrogen (secondary N) is 1. The van der Waals surface area contributed by atoms with E-state index in [9.17, 15) is 18.0 Å². The molecule has 0 aliphatic carbocycles. The van der Waals surface area contributed by atoms with Crippen molar-refractivity contribution in [1.82, 2.24) is 4.31 Å². The number of anilines is 1. The van der Waals surface area contributed by atoms with Gasteiger partial charge in [-0.05, 0) is 42.3 Å². The second-order valence-electron chi connectivity index (χ2n) is 7.00. The molecule has 0 bridgehead atoms. The fourth-order valence-electron chi connectivity index (χ4n) is 3.00. The summed E-state index contributed by atoms with van der Waals surface area (Å²) in [6.07, 6.45) is 0.404. The minimum atomic E-state index is -3.56. The minimum absolute atomic E-state index is 0.0512. The van der Waals surface area contributed by atoms with E-state index in [1.54, 1.807) is 24.3 Å². The molecule has 2 aromatic rings. The molecule has 0 spiro atoms. The molecule has 0 saturated carbocycles. The summed E-state index contributed by atoms with van der Waals surface area (Å²) in [5.41, 5.74) is 1.22. The SMILES string of the molecule is O=C(COC(=O)CCc1ccc(S(=O)(=O)N2CCOCC2)cc1)Nc1ccc(Cl)c(Cl)c1. The van der Waals surface area contributed by atoms with Gasteiger partial charge >= 0.3 is 5.97 Å². The zero-order chi connectivity index (χ0) is 23.1. The first-order valence-electron chi connectivity index (χ1n) is 9.83. The van der Waals surface area contributed by atoms with Crippen LogP contribution in [0.3, 0.4) is 0 Å². The first kappa shape index (κ1) is 24.5. The largest absolute Gasteiger partial charge is 0.456 e. The van der Waals surface area contributed by atoms with Crippen molar-refractivity contribution in [2.24, 2.45) is 0 Å². The molecule has 11 heteroatoms. The van der Waals surface area contributed by atoms with Gasteiger partial charge in [-0.2, -0.15) is 4.31 Å². The number of nitrogens with zero attached hydrogens (tertiary/aromatic N) is 1. The highest BCUT2D eigenvalue weighted by atomic mass is 35.5. The van der Waals surface area contributed by atoms with Crippen LogP contribution in [0.2, 0.25) is 10.0 Å². The number of amides is 1. The molecule has 1 heterocycles. The normalized spacial score (nSPS) is 14.7. The van der Waals surface area contributed by atoms with Crippen molar-refractivity contribution in [3.63, 3.8) is 0 Å². The Hall–Kier alpha value is -2.17. The molecule has 1 aliphatic rings. The molecular formula is C21H22Cl2N2O6S. The molecule has 8 nitrogen and oxygen atoms in total. The van der Waals surface area contributed by atoms with Crippen LogP contribution in [0.1, 0.15) is 12.0 Å². The van der Waals surface area contributed by atoms with Crippen LogP contribution in [0.25, 0.3) is 0 Å². The van der Waals surface area contributed by atoms with E-state index in [0.29, 0.717) is 48.5 Å². The third-order valence-corrected chi connectivity index (χ3v) is 7.37. The lowest BCUT2D eigenvalue weighted by Gasteiger charge is -2.26. The molecule has 1 N–H and O–H groups in total. The van der Waals surface area contributed by atoms with Crippen LogP contribution >= 0.6 is 23.2 Å². The number of halogens is 2. The van der Waals surface area contributed by atoms with Crippen LogP contribution < -0.4 is 5.32 Å². The number of morpholine rings is 1. The van der Waals surface area contributed by atoms with Crippen LogP contribution in [-0.4, -0.2) is 57.5 Å². The molecule has 0 unspecified atom stereocenters. The van der Waals surface area contributed by atoms with Crippen molar-refractivity contribution in [3.8, 4) is 0 Å². The van der Waals surface area contributed by atoms with Gasteiger partial charge in [-0.1, -0.05) is 35.3 Å². The number of carbonyl (C=O) groups excluding carboxylic acids is 2. The first-order chi connectivity index (χ1) is 15.3. The summed E-state index contributed by atoms with van der Waals surface area (Å²) in [4.78, 5) is 24.1. The molecule has 1 amide bonds. The Morgan fingerprint density at radius 1 is 1.03 bits per heavy atom. The zero-order valence-corrected chi connectivity index (χ0v) is 19.4. The molecular weight excluding hydrogens is 479 g/mol. The summed E-state index contributed by atoms with van der Waals surface area (Å²) >= 11 is 11.7. The van der Waals surface area contributed by atoms with E-state index in [-0.39, 0.29) is 11.3 Å². The third-order valence-electron chi connectivity index (χ3n) is 4.72. The highest BCUT2D eigenvalue weighted by Gasteiger charge is 2.26. The van der Waals surface area contributed by atoms with Crippen LogP contribution in [0.15, 0.2) is 47.4 Å². The maximum absolute atomic E-state index is 12.6. The van der Waals surface area contributed by atoms with Crippen molar-refractivity contribution < 1.29 is 27.5 Å². The molecule has 172 valence electrons. The van der Waals surface area contributed by atoms with Crippen LogP contribution in [0.5, 0.6) is 0 Å². The smallest absolute Gasteiger partial charge is 0.306 e. The number of hydrogen-bond donors (Lipinski definition) is 1. The molecule has 1 saturated heterocycles.